The van der Waals surface area contributed by atoms with Crippen LogP contribution in [0.25, 0.3) is 0 Å². The molecule has 21 heavy (non-hydrogen) atoms. The van der Waals surface area contributed by atoms with Crippen molar-refractivity contribution in [2.24, 2.45) is 35.5 Å². The Morgan fingerprint density at radius 2 is 1.33 bits per heavy atom. The van der Waals surface area contributed by atoms with Crippen LogP contribution in [0.5, 0.6) is 0 Å². The highest BCUT2D eigenvalue weighted by Crippen LogP contribution is 2.46. The number of unbranched alkanes of at least 4 members (excludes halogenated alkanes) is 2. The second kappa shape index (κ2) is 8.59. The van der Waals surface area contributed by atoms with Crippen molar-refractivity contribution in [3.8, 4) is 0 Å². The Bertz CT molecular complexity index is 282. The minimum absolute atomic E-state index is 0.984. The van der Waals surface area contributed by atoms with E-state index < -0.39 is 0 Å². The van der Waals surface area contributed by atoms with Crippen molar-refractivity contribution in [1.82, 2.24) is 0 Å². The van der Waals surface area contributed by atoms with Gasteiger partial charge in [-0.2, -0.15) is 0 Å². The van der Waals surface area contributed by atoms with Crippen molar-refractivity contribution in [2.75, 3.05) is 0 Å². The van der Waals surface area contributed by atoms with Gasteiger partial charge in [0.25, 0.3) is 0 Å². The smallest absolute Gasteiger partial charge is 0.0380 e. The third kappa shape index (κ3) is 4.73. The number of hydrogen-bond donors (Lipinski definition) is 0. The first kappa shape index (κ1) is 17.4. The van der Waals surface area contributed by atoms with E-state index in [2.05, 4.69) is 27.7 Å². The van der Waals surface area contributed by atoms with Gasteiger partial charge in [0.1, 0.15) is 0 Å². The van der Waals surface area contributed by atoms with Gasteiger partial charge in [0.2, 0.25) is 0 Å². The van der Waals surface area contributed by atoms with Crippen LogP contribution in [0.15, 0.2) is 0 Å². The lowest BCUT2D eigenvalue weighted by Gasteiger charge is -2.29. The van der Waals surface area contributed by atoms with E-state index >= 15 is 0 Å². The summed E-state index contributed by atoms with van der Waals surface area (Å²) in [5, 5.41) is 0. The molecule has 0 amide bonds. The SMILES string of the molecule is CCCCCC1CC2CC(CC)C(C)CCC2CCC1C. The van der Waals surface area contributed by atoms with Gasteiger partial charge in [-0.1, -0.05) is 72.6 Å². The van der Waals surface area contributed by atoms with Crippen LogP contribution in [0.1, 0.15) is 98.3 Å². The molecule has 0 N–H and O–H groups in total. The second-order valence-corrected chi connectivity index (χ2v) is 8.53. The van der Waals surface area contributed by atoms with Gasteiger partial charge in [-0.3, -0.25) is 0 Å². The van der Waals surface area contributed by atoms with Crippen LogP contribution in [0, 0.1) is 35.5 Å². The van der Waals surface area contributed by atoms with E-state index in [4.69, 9.17) is 0 Å². The van der Waals surface area contributed by atoms with Crippen molar-refractivity contribution in [2.45, 2.75) is 98.3 Å². The molecule has 6 unspecified atom stereocenters. The van der Waals surface area contributed by atoms with Gasteiger partial charge in [-0.25, -0.2) is 0 Å². The molecular weight excluding hydrogens is 252 g/mol. The van der Waals surface area contributed by atoms with Crippen LogP contribution in [0.4, 0.5) is 0 Å². The summed E-state index contributed by atoms with van der Waals surface area (Å²) in [6.07, 6.45) is 16.5. The first-order chi connectivity index (χ1) is 10.2. The van der Waals surface area contributed by atoms with Crippen molar-refractivity contribution in [3.05, 3.63) is 0 Å². The van der Waals surface area contributed by atoms with Crippen LogP contribution in [-0.4, -0.2) is 0 Å². The summed E-state index contributed by atoms with van der Waals surface area (Å²) in [4.78, 5) is 0. The molecule has 0 spiro atoms. The molecule has 0 saturated heterocycles. The fourth-order valence-corrected chi connectivity index (χ4v) is 5.39. The minimum atomic E-state index is 0.984. The monoisotopic (exact) mass is 292 g/mol. The van der Waals surface area contributed by atoms with Crippen molar-refractivity contribution in [3.63, 3.8) is 0 Å². The van der Waals surface area contributed by atoms with Gasteiger partial charge < -0.3 is 0 Å². The molecule has 0 heteroatoms. The van der Waals surface area contributed by atoms with E-state index in [1.54, 1.807) is 19.3 Å². The van der Waals surface area contributed by atoms with Gasteiger partial charge in [0.15, 0.2) is 0 Å². The second-order valence-electron chi connectivity index (χ2n) is 8.53. The molecule has 2 fully saturated rings. The molecule has 0 aromatic carbocycles. The predicted molar refractivity (Wildman–Crippen MR) is 94.4 cm³/mol. The Kier molecular flexibility index (Phi) is 7.10. The van der Waals surface area contributed by atoms with Gasteiger partial charge in [-0.15, -0.1) is 0 Å². The molecule has 124 valence electrons. The quantitative estimate of drug-likeness (QED) is 0.475. The maximum atomic E-state index is 2.56. The van der Waals surface area contributed by atoms with Crippen LogP contribution < -0.4 is 0 Å². The molecule has 0 aromatic rings. The molecule has 2 aliphatic rings. The standard InChI is InChI=1S/C21H40/c1-5-7-8-9-20-15-21-14-18(6-2)16(3)10-12-19(21)13-11-17(20)4/h16-21H,5-15H2,1-4H3. The van der Waals surface area contributed by atoms with E-state index in [9.17, 15) is 0 Å². The third-order valence-corrected chi connectivity index (χ3v) is 7.18. The highest BCUT2D eigenvalue weighted by atomic mass is 14.4. The van der Waals surface area contributed by atoms with Crippen molar-refractivity contribution >= 4 is 0 Å². The van der Waals surface area contributed by atoms with E-state index in [1.165, 1.54) is 51.4 Å². The Hall–Kier alpha value is 0. The summed E-state index contributed by atoms with van der Waals surface area (Å²) in [5.74, 6) is 6.17. The predicted octanol–water partition coefficient (Wildman–Crippen LogP) is 7.08. The van der Waals surface area contributed by atoms with E-state index in [0.717, 1.165) is 35.5 Å². The Morgan fingerprint density at radius 3 is 1.95 bits per heavy atom. The Morgan fingerprint density at radius 1 is 0.714 bits per heavy atom. The molecule has 0 radical (unpaired) electrons. The largest absolute Gasteiger partial charge is 0.0654 e. The van der Waals surface area contributed by atoms with Gasteiger partial charge in [0.05, 0.1) is 0 Å². The fourth-order valence-electron chi connectivity index (χ4n) is 5.39. The molecule has 0 heterocycles. The lowest BCUT2D eigenvalue weighted by Crippen LogP contribution is -2.19. The van der Waals surface area contributed by atoms with E-state index in [0.29, 0.717) is 0 Å². The normalized spacial score (nSPS) is 41.1. The lowest BCUT2D eigenvalue weighted by atomic mass is 9.77. The van der Waals surface area contributed by atoms with Crippen LogP contribution >= 0.6 is 0 Å². The fraction of sp³-hybridized carbons (Fsp3) is 1.00. The maximum Gasteiger partial charge on any atom is -0.0380 e. The van der Waals surface area contributed by atoms with Crippen molar-refractivity contribution < 1.29 is 0 Å². The first-order valence-corrected chi connectivity index (χ1v) is 10.2. The summed E-state index contributed by atoms with van der Waals surface area (Å²) in [5.41, 5.74) is 0. The number of hydrogen-bond acceptors (Lipinski definition) is 0. The molecule has 0 aromatic heterocycles. The minimum Gasteiger partial charge on any atom is -0.0654 e. The average Bonchev–Trinajstić information content (AvgIpc) is 2.72. The Balaban J connectivity index is 1.99. The zero-order valence-corrected chi connectivity index (χ0v) is 15.2. The molecule has 2 aliphatic carbocycles. The zero-order valence-electron chi connectivity index (χ0n) is 15.2. The zero-order chi connectivity index (χ0) is 15.2. The molecule has 2 saturated carbocycles. The maximum absolute atomic E-state index is 2.56. The molecule has 6 atom stereocenters. The lowest BCUT2D eigenvalue weighted by molar-refractivity contribution is 0.218. The molecule has 2 rings (SSSR count). The first-order valence-electron chi connectivity index (χ1n) is 10.2. The summed E-state index contributed by atoms with van der Waals surface area (Å²) >= 11 is 0. The summed E-state index contributed by atoms with van der Waals surface area (Å²) in [7, 11) is 0. The van der Waals surface area contributed by atoms with Crippen LogP contribution in [0.3, 0.4) is 0 Å². The highest BCUT2D eigenvalue weighted by molar-refractivity contribution is 4.86. The highest BCUT2D eigenvalue weighted by Gasteiger charge is 2.35. The van der Waals surface area contributed by atoms with Gasteiger partial charge >= 0.3 is 0 Å². The number of rotatable bonds is 5. The van der Waals surface area contributed by atoms with Gasteiger partial charge in [-0.05, 0) is 61.2 Å². The van der Waals surface area contributed by atoms with E-state index in [1.807, 2.05) is 0 Å². The molecule has 0 aliphatic heterocycles. The summed E-state index contributed by atoms with van der Waals surface area (Å²) < 4.78 is 0. The summed E-state index contributed by atoms with van der Waals surface area (Å²) in [6.45, 7) is 9.85. The van der Waals surface area contributed by atoms with Crippen LogP contribution in [0.2, 0.25) is 0 Å². The van der Waals surface area contributed by atoms with Gasteiger partial charge in [0, 0.05) is 0 Å². The molecule has 0 nitrogen and oxygen atoms in total. The average molecular weight is 293 g/mol. The summed E-state index contributed by atoms with van der Waals surface area (Å²) in [6, 6.07) is 0. The third-order valence-electron chi connectivity index (χ3n) is 7.18. The van der Waals surface area contributed by atoms with Crippen molar-refractivity contribution in [1.29, 1.82) is 0 Å². The number of fused-ring (bicyclic) bond motifs is 1. The molecule has 0 bridgehead atoms. The van der Waals surface area contributed by atoms with Crippen LogP contribution in [-0.2, 0) is 0 Å². The van der Waals surface area contributed by atoms with E-state index in [-0.39, 0.29) is 0 Å². The Labute approximate surface area is 134 Å². The topological polar surface area (TPSA) is 0 Å². The molecular formula is C21H40.